The van der Waals surface area contributed by atoms with Crippen LogP contribution in [-0.4, -0.2) is 33.2 Å². The summed E-state index contributed by atoms with van der Waals surface area (Å²) in [4.78, 5) is 0. The van der Waals surface area contributed by atoms with Crippen LogP contribution >= 0.6 is 12.4 Å². The molecular formula is C16H17ClN6O2. The molecule has 0 fully saturated rings. The highest BCUT2D eigenvalue weighted by Crippen LogP contribution is 2.25. The van der Waals surface area contributed by atoms with Crippen molar-refractivity contribution in [3.63, 3.8) is 0 Å². The number of aromatic nitrogens is 4. The monoisotopic (exact) mass is 360 g/mol. The molecule has 0 aliphatic rings. The Morgan fingerprint density at radius 2 is 2.08 bits per heavy atom. The Kier molecular flexibility index (Phi) is 5.91. The molecule has 0 aliphatic heterocycles. The standard InChI is InChI=1S/C16H16N6O2.ClH/c1-23-13-4-2-3-11(7-13)9-24-15-6-5-12(16(17)18)8-14(15)22-10-19-20-21-22;/h2-8,10H,9H2,1H3,(H3,17,18);1H. The molecule has 1 aromatic heterocycles. The van der Waals surface area contributed by atoms with Gasteiger partial charge in [-0.25, -0.2) is 0 Å². The molecule has 0 radical (unpaired) electrons. The average Bonchev–Trinajstić information content (AvgIpc) is 3.14. The molecule has 3 N–H and O–H groups in total. The third-order valence-electron chi connectivity index (χ3n) is 3.39. The summed E-state index contributed by atoms with van der Waals surface area (Å²) < 4.78 is 12.6. The van der Waals surface area contributed by atoms with E-state index >= 15 is 0 Å². The van der Waals surface area contributed by atoms with Gasteiger partial charge in [0.05, 0.1) is 7.11 Å². The summed E-state index contributed by atoms with van der Waals surface area (Å²) in [6.07, 6.45) is 1.46. The molecule has 130 valence electrons. The summed E-state index contributed by atoms with van der Waals surface area (Å²) in [5.41, 5.74) is 7.69. The number of nitrogen functional groups attached to an aromatic ring is 1. The third-order valence-corrected chi connectivity index (χ3v) is 3.39. The fourth-order valence-corrected chi connectivity index (χ4v) is 2.18. The molecule has 0 saturated heterocycles. The molecule has 0 amide bonds. The first-order valence-electron chi connectivity index (χ1n) is 7.15. The van der Waals surface area contributed by atoms with Gasteiger partial charge in [0.1, 0.15) is 36.0 Å². The first-order valence-corrected chi connectivity index (χ1v) is 7.15. The summed E-state index contributed by atoms with van der Waals surface area (Å²) in [6, 6.07) is 12.8. The van der Waals surface area contributed by atoms with Gasteiger partial charge in [-0.2, -0.15) is 4.68 Å². The van der Waals surface area contributed by atoms with Gasteiger partial charge in [-0.1, -0.05) is 12.1 Å². The van der Waals surface area contributed by atoms with Crippen molar-refractivity contribution in [2.75, 3.05) is 7.11 Å². The number of tetrazole rings is 1. The maximum absolute atomic E-state index is 7.57. The fourth-order valence-electron chi connectivity index (χ4n) is 2.18. The number of rotatable bonds is 6. The zero-order valence-electron chi connectivity index (χ0n) is 13.4. The topological polar surface area (TPSA) is 112 Å². The van der Waals surface area contributed by atoms with Crippen LogP contribution in [0.3, 0.4) is 0 Å². The second kappa shape index (κ2) is 8.11. The summed E-state index contributed by atoms with van der Waals surface area (Å²) >= 11 is 0. The molecule has 8 nitrogen and oxygen atoms in total. The number of nitrogens with zero attached hydrogens (tertiary/aromatic N) is 4. The van der Waals surface area contributed by atoms with E-state index in [4.69, 9.17) is 20.6 Å². The minimum Gasteiger partial charge on any atom is -0.497 e. The van der Waals surface area contributed by atoms with Crippen LogP contribution in [0.25, 0.3) is 5.69 Å². The zero-order chi connectivity index (χ0) is 16.9. The van der Waals surface area contributed by atoms with Gasteiger partial charge in [0.15, 0.2) is 0 Å². The van der Waals surface area contributed by atoms with Crippen LogP contribution in [0.2, 0.25) is 0 Å². The van der Waals surface area contributed by atoms with Crippen molar-refractivity contribution in [2.45, 2.75) is 6.61 Å². The number of halogens is 1. The molecule has 1 heterocycles. The van der Waals surface area contributed by atoms with Crippen LogP contribution < -0.4 is 15.2 Å². The lowest BCUT2D eigenvalue weighted by molar-refractivity contribution is 0.303. The Hall–Kier alpha value is -3.13. The number of benzene rings is 2. The molecule has 25 heavy (non-hydrogen) atoms. The van der Waals surface area contributed by atoms with E-state index in [2.05, 4.69) is 15.5 Å². The Bertz CT molecular complexity index is 854. The lowest BCUT2D eigenvalue weighted by Crippen LogP contribution is -2.12. The van der Waals surface area contributed by atoms with E-state index < -0.39 is 0 Å². The molecule has 0 bridgehead atoms. The summed E-state index contributed by atoms with van der Waals surface area (Å²) in [7, 11) is 1.62. The second-order valence-corrected chi connectivity index (χ2v) is 4.99. The van der Waals surface area contributed by atoms with Crippen molar-refractivity contribution in [3.8, 4) is 17.2 Å². The van der Waals surface area contributed by atoms with Gasteiger partial charge in [-0.15, -0.1) is 17.5 Å². The molecular weight excluding hydrogens is 344 g/mol. The van der Waals surface area contributed by atoms with Gasteiger partial charge < -0.3 is 15.2 Å². The molecule has 3 rings (SSSR count). The molecule has 0 saturated carbocycles. The third kappa shape index (κ3) is 4.24. The molecule has 0 spiro atoms. The summed E-state index contributed by atoms with van der Waals surface area (Å²) in [6.45, 7) is 0.353. The number of nitrogens with one attached hydrogen (secondary N) is 1. The van der Waals surface area contributed by atoms with Gasteiger partial charge in [-0.05, 0) is 46.3 Å². The maximum Gasteiger partial charge on any atom is 0.145 e. The van der Waals surface area contributed by atoms with Crippen molar-refractivity contribution in [2.24, 2.45) is 5.73 Å². The van der Waals surface area contributed by atoms with E-state index in [1.807, 2.05) is 24.3 Å². The fraction of sp³-hybridized carbons (Fsp3) is 0.125. The normalized spacial score (nSPS) is 9.96. The molecule has 9 heteroatoms. The minimum atomic E-state index is -0.0383. The van der Waals surface area contributed by atoms with Crippen LogP contribution in [0.5, 0.6) is 11.5 Å². The van der Waals surface area contributed by atoms with Crippen molar-refractivity contribution < 1.29 is 9.47 Å². The van der Waals surface area contributed by atoms with E-state index in [0.717, 1.165) is 11.3 Å². The van der Waals surface area contributed by atoms with Crippen molar-refractivity contribution in [3.05, 3.63) is 59.9 Å². The predicted molar refractivity (Wildman–Crippen MR) is 94.7 cm³/mol. The minimum absolute atomic E-state index is 0. The SMILES string of the molecule is COc1cccc(COc2ccc(C(=N)N)cc2-n2cnnn2)c1.Cl. The highest BCUT2D eigenvalue weighted by molar-refractivity contribution is 5.95. The van der Waals surface area contributed by atoms with Gasteiger partial charge >= 0.3 is 0 Å². The molecule has 0 atom stereocenters. The number of nitrogens with two attached hydrogens (primary N) is 1. The first-order chi connectivity index (χ1) is 11.7. The Balaban J connectivity index is 0.00000225. The summed E-state index contributed by atoms with van der Waals surface area (Å²) in [5.74, 6) is 1.31. The summed E-state index contributed by atoms with van der Waals surface area (Å²) in [5, 5.41) is 18.7. The average molecular weight is 361 g/mol. The van der Waals surface area contributed by atoms with Gasteiger partial charge in [0.2, 0.25) is 0 Å². The van der Waals surface area contributed by atoms with Crippen LogP contribution in [0.15, 0.2) is 48.8 Å². The smallest absolute Gasteiger partial charge is 0.145 e. The van der Waals surface area contributed by atoms with Gasteiger partial charge in [-0.3, -0.25) is 5.41 Å². The number of amidine groups is 1. The first kappa shape index (κ1) is 18.2. The molecule has 3 aromatic rings. The zero-order valence-corrected chi connectivity index (χ0v) is 14.2. The lowest BCUT2D eigenvalue weighted by atomic mass is 10.1. The van der Waals surface area contributed by atoms with E-state index in [9.17, 15) is 0 Å². The van der Waals surface area contributed by atoms with Crippen LogP contribution in [-0.2, 0) is 6.61 Å². The molecule has 2 aromatic carbocycles. The molecule has 0 aliphatic carbocycles. The Morgan fingerprint density at radius 1 is 1.24 bits per heavy atom. The largest absolute Gasteiger partial charge is 0.497 e. The number of ether oxygens (including phenoxy) is 2. The lowest BCUT2D eigenvalue weighted by Gasteiger charge is -2.12. The Labute approximate surface area is 150 Å². The van der Waals surface area contributed by atoms with E-state index in [0.29, 0.717) is 23.6 Å². The number of hydrogen-bond acceptors (Lipinski definition) is 6. The van der Waals surface area contributed by atoms with Crippen LogP contribution in [0, 0.1) is 5.41 Å². The van der Waals surface area contributed by atoms with Gasteiger partial charge in [0.25, 0.3) is 0 Å². The highest BCUT2D eigenvalue weighted by atomic mass is 35.5. The Morgan fingerprint density at radius 3 is 2.76 bits per heavy atom. The second-order valence-electron chi connectivity index (χ2n) is 4.99. The van der Waals surface area contributed by atoms with E-state index in [1.165, 1.54) is 11.0 Å². The number of methoxy groups -OCH3 is 1. The quantitative estimate of drug-likeness (QED) is 0.513. The maximum atomic E-state index is 7.57. The van der Waals surface area contributed by atoms with Gasteiger partial charge in [0, 0.05) is 5.56 Å². The van der Waals surface area contributed by atoms with E-state index in [-0.39, 0.29) is 18.2 Å². The predicted octanol–water partition coefficient (Wildman–Crippen LogP) is 1.96. The van der Waals surface area contributed by atoms with E-state index in [1.54, 1.807) is 25.3 Å². The highest BCUT2D eigenvalue weighted by Gasteiger charge is 2.11. The van der Waals surface area contributed by atoms with Crippen LogP contribution in [0.1, 0.15) is 11.1 Å². The van der Waals surface area contributed by atoms with Crippen molar-refractivity contribution in [1.29, 1.82) is 5.41 Å². The number of hydrogen-bond donors (Lipinski definition) is 2. The van der Waals surface area contributed by atoms with Crippen LogP contribution in [0.4, 0.5) is 0 Å². The molecule has 0 unspecified atom stereocenters. The van der Waals surface area contributed by atoms with Crippen molar-refractivity contribution in [1.82, 2.24) is 20.2 Å². The van der Waals surface area contributed by atoms with Crippen molar-refractivity contribution >= 4 is 18.2 Å².